The van der Waals surface area contributed by atoms with Crippen molar-refractivity contribution in [1.29, 1.82) is 0 Å². The van der Waals surface area contributed by atoms with Gasteiger partial charge in [-0.15, -0.1) is 0 Å². The number of benzene rings is 1. The van der Waals surface area contributed by atoms with Crippen LogP contribution in [0.1, 0.15) is 27.5 Å². The van der Waals surface area contributed by atoms with E-state index < -0.39 is 0 Å². The van der Waals surface area contributed by atoms with Gasteiger partial charge in [0.05, 0.1) is 6.54 Å². The van der Waals surface area contributed by atoms with Crippen LogP contribution in [-0.2, 0) is 13.0 Å². The van der Waals surface area contributed by atoms with Gasteiger partial charge in [-0.05, 0) is 26.0 Å². The first kappa shape index (κ1) is 14.3. The Kier molecular flexibility index (Phi) is 4.90. The summed E-state index contributed by atoms with van der Waals surface area (Å²) in [6.07, 6.45) is 2.18. The number of aryl methyl sites for hydroxylation is 1. The van der Waals surface area contributed by atoms with Crippen molar-refractivity contribution >= 4 is 5.91 Å². The topological polar surface area (TPSA) is 67.2 Å². The van der Waals surface area contributed by atoms with Crippen molar-refractivity contribution in [3.63, 3.8) is 0 Å². The minimum absolute atomic E-state index is 0.205. The van der Waals surface area contributed by atoms with E-state index >= 15 is 0 Å². The van der Waals surface area contributed by atoms with Gasteiger partial charge in [0.25, 0.3) is 5.91 Å². The van der Waals surface area contributed by atoms with E-state index in [1.54, 1.807) is 7.05 Å². The molecule has 106 valence electrons. The lowest BCUT2D eigenvalue weighted by Crippen LogP contribution is -2.26. The van der Waals surface area contributed by atoms with Crippen molar-refractivity contribution in [3.05, 3.63) is 53.2 Å². The molecule has 1 amide bonds. The number of rotatable bonds is 6. The van der Waals surface area contributed by atoms with Gasteiger partial charge in [0.15, 0.2) is 5.69 Å². The summed E-state index contributed by atoms with van der Waals surface area (Å²) in [6.45, 7) is 3.14. The van der Waals surface area contributed by atoms with Crippen molar-refractivity contribution in [2.45, 2.75) is 19.9 Å². The molecule has 0 fully saturated rings. The Morgan fingerprint density at radius 2 is 2.05 bits per heavy atom. The zero-order valence-corrected chi connectivity index (χ0v) is 11.8. The molecule has 0 aliphatic rings. The fourth-order valence-electron chi connectivity index (χ4n) is 1.81. The predicted molar refractivity (Wildman–Crippen MR) is 76.5 cm³/mol. The van der Waals surface area contributed by atoms with Crippen LogP contribution in [0.4, 0.5) is 0 Å². The number of carbonyl (C=O) groups is 1. The average Bonchev–Trinajstić information content (AvgIpc) is 2.90. The van der Waals surface area contributed by atoms with E-state index in [0.717, 1.165) is 6.42 Å². The molecule has 1 heterocycles. The highest BCUT2D eigenvalue weighted by Crippen LogP contribution is 2.04. The molecular weight excluding hydrogens is 254 g/mol. The van der Waals surface area contributed by atoms with E-state index in [1.807, 2.05) is 0 Å². The maximum Gasteiger partial charge on any atom is 0.273 e. The third-order valence-electron chi connectivity index (χ3n) is 2.93. The molecule has 5 heteroatoms. The van der Waals surface area contributed by atoms with Crippen LogP contribution in [-0.4, -0.2) is 24.5 Å². The highest BCUT2D eigenvalue weighted by Gasteiger charge is 2.11. The maximum atomic E-state index is 11.9. The molecule has 2 aromatic rings. The summed E-state index contributed by atoms with van der Waals surface area (Å²) in [5.74, 6) is 0.305. The van der Waals surface area contributed by atoms with Crippen LogP contribution in [0.5, 0.6) is 0 Å². The Morgan fingerprint density at radius 1 is 1.30 bits per heavy atom. The van der Waals surface area contributed by atoms with E-state index in [9.17, 15) is 4.79 Å². The summed E-state index contributed by atoms with van der Waals surface area (Å²) in [4.78, 5) is 15.9. The molecule has 0 aliphatic carbocycles. The number of nitrogens with zero attached hydrogens (tertiary/aromatic N) is 1. The van der Waals surface area contributed by atoms with Crippen LogP contribution < -0.4 is 10.6 Å². The van der Waals surface area contributed by atoms with Crippen LogP contribution in [0.3, 0.4) is 0 Å². The van der Waals surface area contributed by atoms with Gasteiger partial charge in [0.1, 0.15) is 6.26 Å². The first-order chi connectivity index (χ1) is 9.69. The first-order valence-corrected chi connectivity index (χ1v) is 6.62. The second kappa shape index (κ2) is 6.86. The van der Waals surface area contributed by atoms with Crippen LogP contribution in [0.15, 0.2) is 34.9 Å². The number of hydrogen-bond donors (Lipinski definition) is 2. The lowest BCUT2D eigenvalue weighted by Gasteiger charge is -2.03. The van der Waals surface area contributed by atoms with Crippen molar-refractivity contribution in [3.8, 4) is 0 Å². The highest BCUT2D eigenvalue weighted by atomic mass is 16.3. The number of nitrogens with one attached hydrogen (secondary N) is 2. The molecule has 2 rings (SSSR count). The molecule has 5 nitrogen and oxygen atoms in total. The maximum absolute atomic E-state index is 11.9. The van der Waals surface area contributed by atoms with Gasteiger partial charge in [-0.1, -0.05) is 29.8 Å². The summed E-state index contributed by atoms with van der Waals surface area (Å²) in [6, 6.07) is 8.28. The molecule has 0 saturated heterocycles. The Labute approximate surface area is 118 Å². The quantitative estimate of drug-likeness (QED) is 0.840. The molecule has 1 aromatic heterocycles. The van der Waals surface area contributed by atoms with Crippen LogP contribution in [0, 0.1) is 6.92 Å². The van der Waals surface area contributed by atoms with E-state index in [1.165, 1.54) is 17.4 Å². The van der Waals surface area contributed by atoms with Gasteiger partial charge in [0.2, 0.25) is 5.89 Å². The van der Waals surface area contributed by atoms with Crippen molar-refractivity contribution in [1.82, 2.24) is 15.6 Å². The Morgan fingerprint density at radius 3 is 2.75 bits per heavy atom. The number of amides is 1. The van der Waals surface area contributed by atoms with Crippen molar-refractivity contribution < 1.29 is 9.21 Å². The van der Waals surface area contributed by atoms with Gasteiger partial charge >= 0.3 is 0 Å². The average molecular weight is 273 g/mol. The van der Waals surface area contributed by atoms with Crippen LogP contribution in [0.2, 0.25) is 0 Å². The summed E-state index contributed by atoms with van der Waals surface area (Å²) < 4.78 is 5.17. The standard InChI is InChI=1S/C15H19N3O2/c1-11-3-5-12(6-4-11)7-8-17-15(19)13-10-20-14(18-13)9-16-2/h3-6,10,16H,7-9H2,1-2H3,(H,17,19). The predicted octanol–water partition coefficient (Wildman–Crippen LogP) is 1.67. The fraction of sp³-hybridized carbons (Fsp3) is 0.333. The van der Waals surface area contributed by atoms with Gasteiger partial charge < -0.3 is 15.1 Å². The molecule has 0 spiro atoms. The Hall–Kier alpha value is -2.14. The molecule has 0 aliphatic heterocycles. The largest absolute Gasteiger partial charge is 0.447 e. The number of aromatic nitrogens is 1. The van der Waals surface area contributed by atoms with Crippen LogP contribution in [0.25, 0.3) is 0 Å². The summed E-state index contributed by atoms with van der Waals surface area (Å²) >= 11 is 0. The van der Waals surface area contributed by atoms with Gasteiger partial charge in [0, 0.05) is 6.54 Å². The second-order valence-corrected chi connectivity index (χ2v) is 4.65. The summed E-state index contributed by atoms with van der Waals surface area (Å²) in [7, 11) is 1.80. The third kappa shape index (κ3) is 3.93. The molecule has 20 heavy (non-hydrogen) atoms. The van der Waals surface area contributed by atoms with Crippen molar-refractivity contribution in [2.75, 3.05) is 13.6 Å². The SMILES string of the molecule is CNCc1nc(C(=O)NCCc2ccc(C)cc2)co1. The van der Waals surface area contributed by atoms with E-state index in [-0.39, 0.29) is 5.91 Å². The van der Waals surface area contributed by atoms with Gasteiger partial charge in [-0.2, -0.15) is 0 Å². The number of carbonyl (C=O) groups excluding carboxylic acids is 1. The lowest BCUT2D eigenvalue weighted by molar-refractivity contribution is 0.0949. The van der Waals surface area contributed by atoms with Gasteiger partial charge in [-0.25, -0.2) is 4.98 Å². The molecule has 2 N–H and O–H groups in total. The normalized spacial score (nSPS) is 10.5. The van der Waals surface area contributed by atoms with E-state index in [0.29, 0.717) is 24.7 Å². The smallest absolute Gasteiger partial charge is 0.273 e. The second-order valence-electron chi connectivity index (χ2n) is 4.65. The monoisotopic (exact) mass is 273 g/mol. The minimum atomic E-state index is -0.205. The number of oxazole rings is 1. The molecule has 0 bridgehead atoms. The molecule has 0 radical (unpaired) electrons. The Balaban J connectivity index is 1.81. The highest BCUT2D eigenvalue weighted by molar-refractivity contribution is 5.91. The number of hydrogen-bond acceptors (Lipinski definition) is 4. The fourth-order valence-corrected chi connectivity index (χ4v) is 1.81. The zero-order valence-electron chi connectivity index (χ0n) is 11.8. The van der Waals surface area contributed by atoms with Gasteiger partial charge in [-0.3, -0.25) is 4.79 Å². The van der Waals surface area contributed by atoms with Crippen LogP contribution >= 0.6 is 0 Å². The first-order valence-electron chi connectivity index (χ1n) is 6.62. The third-order valence-corrected chi connectivity index (χ3v) is 2.93. The Bertz CT molecular complexity index is 561. The lowest BCUT2D eigenvalue weighted by atomic mass is 10.1. The molecule has 0 saturated carbocycles. The molecule has 0 atom stereocenters. The molecule has 1 aromatic carbocycles. The summed E-state index contributed by atoms with van der Waals surface area (Å²) in [5, 5.41) is 5.75. The zero-order chi connectivity index (χ0) is 14.4. The van der Waals surface area contributed by atoms with E-state index in [2.05, 4.69) is 46.8 Å². The molecular formula is C15H19N3O2. The summed E-state index contributed by atoms with van der Waals surface area (Å²) in [5.41, 5.74) is 2.75. The molecule has 0 unspecified atom stereocenters. The van der Waals surface area contributed by atoms with Crippen molar-refractivity contribution in [2.24, 2.45) is 0 Å². The minimum Gasteiger partial charge on any atom is -0.447 e. The van der Waals surface area contributed by atoms with E-state index in [4.69, 9.17) is 4.42 Å².